The Balaban J connectivity index is 0.000000461. The molecule has 14 heavy (non-hydrogen) atoms. The Labute approximate surface area is 86.0 Å². The first-order chi connectivity index (χ1) is 6.70. The van der Waals surface area contributed by atoms with E-state index in [-0.39, 0.29) is 0 Å². The zero-order valence-corrected chi connectivity index (χ0v) is 9.44. The molecular weight excluding hydrogens is 174 g/mol. The molecule has 0 radical (unpaired) electrons. The van der Waals surface area contributed by atoms with E-state index in [1.165, 1.54) is 11.1 Å². The summed E-state index contributed by atoms with van der Waals surface area (Å²) < 4.78 is 0. The Hall–Kier alpha value is -1.02. The summed E-state index contributed by atoms with van der Waals surface area (Å²) in [5.74, 6) is 0.456. The molecule has 0 amide bonds. The molecule has 0 aromatic heterocycles. The smallest absolute Gasteiger partial charge is 0.121 e. The lowest BCUT2D eigenvalue weighted by Crippen LogP contribution is -2.00. The van der Waals surface area contributed by atoms with Crippen LogP contribution in [0, 0.1) is 13.8 Å². The first kappa shape index (κ1) is 11.1. The van der Waals surface area contributed by atoms with Gasteiger partial charge >= 0.3 is 0 Å². The molecule has 0 unspecified atom stereocenters. The maximum Gasteiger partial charge on any atom is 0.121 e. The van der Waals surface area contributed by atoms with Gasteiger partial charge in [-0.2, -0.15) is 0 Å². The molecule has 1 aliphatic heterocycles. The van der Waals surface area contributed by atoms with Crippen molar-refractivity contribution < 1.29 is 5.11 Å². The fourth-order valence-electron chi connectivity index (χ4n) is 1.82. The van der Waals surface area contributed by atoms with Gasteiger partial charge in [0.05, 0.1) is 0 Å². The van der Waals surface area contributed by atoms with E-state index in [1.807, 2.05) is 27.7 Å². The molecule has 1 heterocycles. The summed E-state index contributed by atoms with van der Waals surface area (Å²) >= 11 is 0. The molecule has 0 saturated heterocycles. The molecule has 78 valence electrons. The zero-order chi connectivity index (χ0) is 10.7. The summed E-state index contributed by atoms with van der Waals surface area (Å²) in [4.78, 5) is 0. The number of phenolic OH excluding ortho intramolecular Hbond substituents is 1. The van der Waals surface area contributed by atoms with E-state index in [4.69, 9.17) is 0 Å². The van der Waals surface area contributed by atoms with Crippen LogP contribution < -0.4 is 5.32 Å². The highest BCUT2D eigenvalue weighted by Gasteiger charge is 2.15. The van der Waals surface area contributed by atoms with E-state index in [2.05, 4.69) is 11.4 Å². The van der Waals surface area contributed by atoms with Crippen LogP contribution in [-0.4, -0.2) is 5.11 Å². The normalized spacial score (nSPS) is 13.1. The van der Waals surface area contributed by atoms with Gasteiger partial charge in [0.25, 0.3) is 0 Å². The van der Waals surface area contributed by atoms with Gasteiger partial charge < -0.3 is 10.4 Å². The Morgan fingerprint density at radius 1 is 1.21 bits per heavy atom. The highest BCUT2D eigenvalue weighted by atomic mass is 16.3. The largest absolute Gasteiger partial charge is 0.507 e. The summed E-state index contributed by atoms with van der Waals surface area (Å²) in [5, 5.41) is 12.9. The lowest BCUT2D eigenvalue weighted by atomic mass is 10.00. The molecule has 2 nitrogen and oxygen atoms in total. The minimum absolute atomic E-state index is 0.456. The summed E-state index contributed by atoms with van der Waals surface area (Å²) in [6.07, 6.45) is 0. The fraction of sp³-hybridized carbons (Fsp3) is 0.500. The van der Waals surface area contributed by atoms with E-state index in [0.717, 1.165) is 24.2 Å². The first-order valence-corrected chi connectivity index (χ1v) is 5.22. The molecule has 0 spiro atoms. The van der Waals surface area contributed by atoms with Crippen LogP contribution in [0.4, 0.5) is 0 Å². The van der Waals surface area contributed by atoms with E-state index >= 15 is 0 Å². The van der Waals surface area contributed by atoms with E-state index in [9.17, 15) is 5.11 Å². The van der Waals surface area contributed by atoms with Crippen LogP contribution >= 0.6 is 0 Å². The monoisotopic (exact) mass is 193 g/mol. The Kier molecular flexibility index (Phi) is 3.53. The van der Waals surface area contributed by atoms with Gasteiger partial charge in [0, 0.05) is 13.1 Å². The van der Waals surface area contributed by atoms with Crippen LogP contribution in [0.2, 0.25) is 0 Å². The second-order valence-electron chi connectivity index (χ2n) is 3.41. The van der Waals surface area contributed by atoms with Gasteiger partial charge in [-0.3, -0.25) is 0 Å². The molecule has 0 bridgehead atoms. The maximum absolute atomic E-state index is 9.64. The van der Waals surface area contributed by atoms with Crippen LogP contribution in [0.3, 0.4) is 0 Å². The minimum atomic E-state index is 0.456. The number of aryl methyl sites for hydroxylation is 1. The van der Waals surface area contributed by atoms with E-state index < -0.39 is 0 Å². The van der Waals surface area contributed by atoms with Crippen molar-refractivity contribution in [2.45, 2.75) is 40.8 Å². The van der Waals surface area contributed by atoms with Crippen molar-refractivity contribution in [1.82, 2.24) is 5.32 Å². The quantitative estimate of drug-likeness (QED) is 0.664. The Morgan fingerprint density at radius 3 is 2.50 bits per heavy atom. The summed E-state index contributed by atoms with van der Waals surface area (Å²) in [7, 11) is 0. The molecule has 1 aromatic carbocycles. The third-order valence-corrected chi connectivity index (χ3v) is 2.58. The lowest BCUT2D eigenvalue weighted by Gasteiger charge is -2.08. The van der Waals surface area contributed by atoms with Crippen LogP contribution in [0.15, 0.2) is 6.07 Å². The van der Waals surface area contributed by atoms with Crippen LogP contribution in [0.25, 0.3) is 0 Å². The van der Waals surface area contributed by atoms with Crippen LogP contribution in [0.5, 0.6) is 5.75 Å². The Bertz CT molecular complexity index is 332. The number of phenols is 1. The SMILES string of the molecule is CC.Cc1cc2c(c(C)c1O)CNC2. The molecule has 2 heteroatoms. The second-order valence-corrected chi connectivity index (χ2v) is 3.41. The number of hydrogen-bond acceptors (Lipinski definition) is 2. The summed E-state index contributed by atoms with van der Waals surface area (Å²) in [5.41, 5.74) is 4.63. The molecule has 2 N–H and O–H groups in total. The number of hydrogen-bond donors (Lipinski definition) is 2. The van der Waals surface area contributed by atoms with Crippen molar-refractivity contribution in [3.63, 3.8) is 0 Å². The standard InChI is InChI=1S/C10H13NO.C2H6/c1-6-3-8-4-11-5-9(8)7(2)10(6)12;1-2/h3,11-12H,4-5H2,1-2H3;1-2H3. The molecular formula is C12H19NO. The highest BCUT2D eigenvalue weighted by Crippen LogP contribution is 2.30. The van der Waals surface area contributed by atoms with Crippen LogP contribution in [0.1, 0.15) is 36.1 Å². The van der Waals surface area contributed by atoms with Gasteiger partial charge in [-0.15, -0.1) is 0 Å². The molecule has 1 aliphatic rings. The van der Waals surface area contributed by atoms with Gasteiger partial charge in [0.2, 0.25) is 0 Å². The molecule has 2 rings (SSSR count). The molecule has 0 aliphatic carbocycles. The number of nitrogens with one attached hydrogen (secondary N) is 1. The topological polar surface area (TPSA) is 32.3 Å². The zero-order valence-electron chi connectivity index (χ0n) is 9.44. The van der Waals surface area contributed by atoms with E-state index in [0.29, 0.717) is 5.75 Å². The third-order valence-electron chi connectivity index (χ3n) is 2.58. The van der Waals surface area contributed by atoms with Crippen LogP contribution in [-0.2, 0) is 13.1 Å². The first-order valence-electron chi connectivity index (χ1n) is 5.22. The number of aromatic hydroxyl groups is 1. The maximum atomic E-state index is 9.64. The average Bonchev–Trinajstić information content (AvgIpc) is 2.65. The van der Waals surface area contributed by atoms with Crippen molar-refractivity contribution >= 4 is 0 Å². The predicted molar refractivity (Wildman–Crippen MR) is 59.5 cm³/mol. The minimum Gasteiger partial charge on any atom is -0.507 e. The number of benzene rings is 1. The summed E-state index contributed by atoms with van der Waals surface area (Å²) in [6, 6.07) is 2.07. The van der Waals surface area contributed by atoms with Gasteiger partial charge in [0.1, 0.15) is 5.75 Å². The van der Waals surface area contributed by atoms with Gasteiger partial charge in [0.15, 0.2) is 0 Å². The van der Waals surface area contributed by atoms with Gasteiger partial charge in [-0.25, -0.2) is 0 Å². The molecule has 0 atom stereocenters. The van der Waals surface area contributed by atoms with Gasteiger partial charge in [-0.05, 0) is 36.1 Å². The number of fused-ring (bicyclic) bond motifs is 1. The molecule has 1 aromatic rings. The van der Waals surface area contributed by atoms with Crippen molar-refractivity contribution in [3.05, 3.63) is 28.3 Å². The summed E-state index contributed by atoms with van der Waals surface area (Å²) in [6.45, 7) is 9.77. The van der Waals surface area contributed by atoms with Crippen molar-refractivity contribution in [1.29, 1.82) is 0 Å². The molecule has 0 saturated carbocycles. The van der Waals surface area contributed by atoms with Crippen molar-refractivity contribution in [2.24, 2.45) is 0 Å². The average molecular weight is 193 g/mol. The van der Waals surface area contributed by atoms with Crippen molar-refractivity contribution in [2.75, 3.05) is 0 Å². The van der Waals surface area contributed by atoms with E-state index in [1.54, 1.807) is 0 Å². The Morgan fingerprint density at radius 2 is 1.86 bits per heavy atom. The second kappa shape index (κ2) is 4.47. The fourth-order valence-corrected chi connectivity index (χ4v) is 1.82. The third kappa shape index (κ3) is 1.75. The van der Waals surface area contributed by atoms with Gasteiger partial charge in [-0.1, -0.05) is 19.9 Å². The number of rotatable bonds is 0. The predicted octanol–water partition coefficient (Wildman–Crippen LogP) is 2.64. The lowest BCUT2D eigenvalue weighted by molar-refractivity contribution is 0.466. The highest BCUT2D eigenvalue weighted by molar-refractivity contribution is 5.49. The molecule has 0 fully saturated rings. The van der Waals surface area contributed by atoms with Crippen molar-refractivity contribution in [3.8, 4) is 5.75 Å².